The highest BCUT2D eigenvalue weighted by molar-refractivity contribution is 5.79. The molecular formula is C44H28N6O2. The summed E-state index contributed by atoms with van der Waals surface area (Å²) >= 11 is 0. The lowest BCUT2D eigenvalue weighted by molar-refractivity contribution is 0.580. The van der Waals surface area contributed by atoms with Gasteiger partial charge in [-0.05, 0) is 64.7 Å². The van der Waals surface area contributed by atoms with Gasteiger partial charge in [-0.3, -0.25) is 0 Å². The van der Waals surface area contributed by atoms with E-state index in [4.69, 9.17) is 18.8 Å². The van der Waals surface area contributed by atoms with Gasteiger partial charge in [-0.25, -0.2) is 9.97 Å². The Labute approximate surface area is 299 Å². The predicted octanol–water partition coefficient (Wildman–Crippen LogP) is 10.6. The molecule has 0 saturated heterocycles. The minimum atomic E-state index is 0.316. The van der Waals surface area contributed by atoms with Crippen molar-refractivity contribution < 1.29 is 8.83 Å². The molecule has 0 N–H and O–H groups in total. The SMILES string of the molecule is c1ccc(-c2ccc(-c3cc(-c4nnc(-c5cccc(-c6ccccc6)n5)o4)cc(-c4nnc(-c5cccc(-c6ccccc6)n5)o4)c3)cc2)cc1. The molecule has 0 aliphatic heterocycles. The molecule has 0 radical (unpaired) electrons. The van der Waals surface area contributed by atoms with Crippen LogP contribution in [-0.2, 0) is 0 Å². The van der Waals surface area contributed by atoms with Crippen molar-refractivity contribution in [1.29, 1.82) is 0 Å². The van der Waals surface area contributed by atoms with E-state index in [0.29, 0.717) is 46.1 Å². The Bertz CT molecular complexity index is 2480. The average Bonchev–Trinajstić information content (AvgIpc) is 3.94. The number of hydrogen-bond acceptors (Lipinski definition) is 8. The van der Waals surface area contributed by atoms with Crippen molar-refractivity contribution in [2.75, 3.05) is 0 Å². The molecular weight excluding hydrogens is 645 g/mol. The van der Waals surface area contributed by atoms with Crippen LogP contribution in [0.4, 0.5) is 0 Å². The molecule has 9 rings (SSSR count). The number of rotatable bonds is 8. The van der Waals surface area contributed by atoms with Crippen LogP contribution in [-0.4, -0.2) is 30.4 Å². The van der Waals surface area contributed by atoms with Crippen molar-refractivity contribution in [3.63, 3.8) is 0 Å². The Balaban J connectivity index is 1.10. The molecule has 0 bridgehead atoms. The summed E-state index contributed by atoms with van der Waals surface area (Å²) in [6, 6.07) is 56.2. The van der Waals surface area contributed by atoms with Crippen LogP contribution in [0.15, 0.2) is 179 Å². The van der Waals surface area contributed by atoms with Crippen LogP contribution in [0.2, 0.25) is 0 Å². The van der Waals surface area contributed by atoms with Gasteiger partial charge in [0.05, 0.1) is 11.4 Å². The first-order valence-electron chi connectivity index (χ1n) is 16.8. The molecule has 0 spiro atoms. The maximum absolute atomic E-state index is 6.27. The summed E-state index contributed by atoms with van der Waals surface area (Å²) < 4.78 is 12.5. The lowest BCUT2D eigenvalue weighted by atomic mass is 9.97. The van der Waals surface area contributed by atoms with Gasteiger partial charge in [0.15, 0.2) is 0 Å². The highest BCUT2D eigenvalue weighted by atomic mass is 16.4. The zero-order chi connectivity index (χ0) is 34.7. The molecule has 0 amide bonds. The van der Waals surface area contributed by atoms with Gasteiger partial charge in [0.1, 0.15) is 11.4 Å². The standard InChI is InChI=1S/C44H28N6O2/c1-4-12-29(13-5-1)30-22-24-31(25-23-30)34-26-35(41-47-49-43(51-41)39-20-10-18-37(45-39)32-14-6-2-7-15-32)28-36(27-34)42-48-50-44(52-42)40-21-11-19-38(46-40)33-16-8-3-9-17-33/h1-28H. The molecule has 52 heavy (non-hydrogen) atoms. The molecule has 5 aromatic carbocycles. The van der Waals surface area contributed by atoms with Crippen LogP contribution in [0.25, 0.3) is 90.8 Å². The highest BCUT2D eigenvalue weighted by Crippen LogP contribution is 2.35. The summed E-state index contributed by atoms with van der Waals surface area (Å²) in [4.78, 5) is 9.61. The fourth-order valence-corrected chi connectivity index (χ4v) is 6.06. The predicted molar refractivity (Wildman–Crippen MR) is 201 cm³/mol. The fraction of sp³-hybridized carbons (Fsp3) is 0. The van der Waals surface area contributed by atoms with Gasteiger partial charge in [-0.2, -0.15) is 0 Å². The molecule has 8 heteroatoms. The van der Waals surface area contributed by atoms with Crippen molar-refractivity contribution >= 4 is 0 Å². The topological polar surface area (TPSA) is 104 Å². The van der Waals surface area contributed by atoms with E-state index in [2.05, 4.69) is 56.8 Å². The molecule has 4 heterocycles. The lowest BCUT2D eigenvalue weighted by Gasteiger charge is -2.08. The van der Waals surface area contributed by atoms with Crippen molar-refractivity contribution in [1.82, 2.24) is 30.4 Å². The molecule has 246 valence electrons. The van der Waals surface area contributed by atoms with Crippen LogP contribution in [0.3, 0.4) is 0 Å². The molecule has 0 unspecified atom stereocenters. The summed E-state index contributed by atoms with van der Waals surface area (Å²) in [5.41, 5.74) is 10.4. The minimum absolute atomic E-state index is 0.316. The first kappa shape index (κ1) is 30.7. The summed E-state index contributed by atoms with van der Waals surface area (Å²) in [5.74, 6) is 1.30. The van der Waals surface area contributed by atoms with E-state index >= 15 is 0 Å². The molecule has 0 aliphatic rings. The summed E-state index contributed by atoms with van der Waals surface area (Å²) in [6.45, 7) is 0. The zero-order valence-corrected chi connectivity index (χ0v) is 27.7. The number of pyridine rings is 2. The van der Waals surface area contributed by atoms with Crippen molar-refractivity contribution in [3.8, 4) is 90.8 Å². The summed E-state index contributed by atoms with van der Waals surface area (Å²) in [5, 5.41) is 17.7. The van der Waals surface area contributed by atoms with Gasteiger partial charge in [-0.15, -0.1) is 20.4 Å². The molecule has 0 aliphatic carbocycles. The molecule has 4 aromatic heterocycles. The Morgan fingerprint density at radius 3 is 1.06 bits per heavy atom. The maximum atomic E-state index is 6.27. The Kier molecular flexibility index (Phi) is 7.99. The van der Waals surface area contributed by atoms with Crippen LogP contribution >= 0.6 is 0 Å². The van der Waals surface area contributed by atoms with Gasteiger partial charge in [0.2, 0.25) is 11.8 Å². The lowest BCUT2D eigenvalue weighted by Crippen LogP contribution is -1.87. The van der Waals surface area contributed by atoms with E-state index < -0.39 is 0 Å². The van der Waals surface area contributed by atoms with Crippen molar-refractivity contribution in [2.45, 2.75) is 0 Å². The number of nitrogens with zero attached hydrogens (tertiary/aromatic N) is 6. The molecule has 0 atom stereocenters. The third kappa shape index (κ3) is 6.28. The second kappa shape index (κ2) is 13.5. The number of hydrogen-bond donors (Lipinski definition) is 0. The van der Waals surface area contributed by atoms with Crippen molar-refractivity contribution in [2.24, 2.45) is 0 Å². The fourth-order valence-electron chi connectivity index (χ4n) is 6.06. The quantitative estimate of drug-likeness (QED) is 0.157. The third-order valence-corrected chi connectivity index (χ3v) is 8.68. The Hall–Kier alpha value is -7.32. The van der Waals surface area contributed by atoms with Crippen LogP contribution in [0.1, 0.15) is 0 Å². The Morgan fingerprint density at radius 2 is 0.596 bits per heavy atom. The second-order valence-corrected chi connectivity index (χ2v) is 12.1. The van der Waals surface area contributed by atoms with E-state index in [1.807, 2.05) is 133 Å². The summed E-state index contributed by atoms with van der Waals surface area (Å²) in [7, 11) is 0. The number of benzene rings is 5. The normalized spacial score (nSPS) is 11.1. The zero-order valence-electron chi connectivity index (χ0n) is 27.7. The average molecular weight is 673 g/mol. The van der Waals surface area contributed by atoms with Gasteiger partial charge < -0.3 is 8.83 Å². The Morgan fingerprint density at radius 1 is 0.250 bits per heavy atom. The summed E-state index contributed by atoms with van der Waals surface area (Å²) in [6.07, 6.45) is 0. The molecule has 9 aromatic rings. The highest BCUT2D eigenvalue weighted by Gasteiger charge is 2.19. The van der Waals surface area contributed by atoms with Gasteiger partial charge in [-0.1, -0.05) is 127 Å². The van der Waals surface area contributed by atoms with Crippen LogP contribution in [0, 0.1) is 0 Å². The largest absolute Gasteiger partial charge is 0.415 e. The molecule has 0 saturated carbocycles. The molecule has 0 fully saturated rings. The maximum Gasteiger partial charge on any atom is 0.266 e. The van der Waals surface area contributed by atoms with E-state index in [9.17, 15) is 0 Å². The monoisotopic (exact) mass is 672 g/mol. The van der Waals surface area contributed by atoms with E-state index in [1.54, 1.807) is 0 Å². The smallest absolute Gasteiger partial charge is 0.266 e. The van der Waals surface area contributed by atoms with E-state index in [-0.39, 0.29) is 0 Å². The van der Waals surface area contributed by atoms with E-state index in [1.165, 1.54) is 0 Å². The van der Waals surface area contributed by atoms with Crippen molar-refractivity contribution in [3.05, 3.63) is 170 Å². The first-order valence-corrected chi connectivity index (χ1v) is 16.8. The second-order valence-electron chi connectivity index (χ2n) is 12.1. The van der Waals surface area contributed by atoms with Gasteiger partial charge in [0, 0.05) is 22.3 Å². The molecule has 8 nitrogen and oxygen atoms in total. The number of aromatic nitrogens is 6. The van der Waals surface area contributed by atoms with Crippen LogP contribution < -0.4 is 0 Å². The first-order chi connectivity index (χ1) is 25.7. The van der Waals surface area contributed by atoms with Crippen LogP contribution in [0.5, 0.6) is 0 Å². The van der Waals surface area contributed by atoms with E-state index in [0.717, 1.165) is 44.8 Å². The third-order valence-electron chi connectivity index (χ3n) is 8.68. The van der Waals surface area contributed by atoms with Gasteiger partial charge >= 0.3 is 0 Å². The van der Waals surface area contributed by atoms with Gasteiger partial charge in [0.25, 0.3) is 11.8 Å². The minimum Gasteiger partial charge on any atom is -0.415 e.